The van der Waals surface area contributed by atoms with Crippen molar-refractivity contribution < 1.29 is 0 Å². The van der Waals surface area contributed by atoms with E-state index in [-0.39, 0.29) is 0 Å². The number of nitrogens with one attached hydrogen (secondary N) is 1. The molecule has 0 saturated heterocycles. The molecule has 0 aliphatic heterocycles. The summed E-state index contributed by atoms with van der Waals surface area (Å²) in [5.74, 6) is 0. The summed E-state index contributed by atoms with van der Waals surface area (Å²) in [5.41, 5.74) is 14.9. The van der Waals surface area contributed by atoms with E-state index in [1.54, 1.807) is 0 Å². The van der Waals surface area contributed by atoms with Gasteiger partial charge >= 0.3 is 0 Å². The Kier molecular flexibility index (Phi) is 8.65. The number of nitrogens with zero attached hydrogens (tertiary/aromatic N) is 2. The molecule has 3 nitrogen and oxygen atoms in total. The number of rotatable bonds is 7. The molecular formula is C58H38BrN3. The fourth-order valence-corrected chi connectivity index (χ4v) is 10.0. The van der Waals surface area contributed by atoms with Crippen LogP contribution in [0.25, 0.3) is 93.5 Å². The first-order valence-electron chi connectivity index (χ1n) is 21.0. The molecular weight excluding hydrogens is 819 g/mol. The molecule has 0 saturated carbocycles. The van der Waals surface area contributed by atoms with Crippen molar-refractivity contribution in [2.75, 3.05) is 4.90 Å². The molecule has 0 amide bonds. The first-order chi connectivity index (χ1) is 30.7. The number of para-hydroxylation sites is 2. The second-order valence-corrected chi connectivity index (χ2v) is 16.7. The minimum absolute atomic E-state index is 1.05. The van der Waals surface area contributed by atoms with Gasteiger partial charge in [0.2, 0.25) is 0 Å². The summed E-state index contributed by atoms with van der Waals surface area (Å²) in [6, 6.07) is 81.2. The average Bonchev–Trinajstić information content (AvgIpc) is 3.85. The lowest BCUT2D eigenvalue weighted by molar-refractivity contribution is 1.18. The normalized spacial score (nSPS) is 11.6. The summed E-state index contributed by atoms with van der Waals surface area (Å²) in [6.07, 6.45) is 0. The SMILES string of the molecule is Brc1c(-c2ccc(N(c3ccc(-c4ccccc4)cc3)c3ccc4ccccc4c3)c3ccccc23)[nH]c2ccc(-c3ccc4c5ccccc5n(-c5ccccc5)c4c3)cc12. The zero-order valence-corrected chi connectivity index (χ0v) is 35.2. The molecule has 1 N–H and O–H groups in total. The Morgan fingerprint density at radius 2 is 1.00 bits per heavy atom. The standard InChI is InChI=1S/C58H38BrN3/c59-57-52-36-42(43-26-31-50-49-21-11-12-22-54(49)62(56(50)37-43)44-17-5-2-6-18-44)27-33-53(52)60-58(57)51-32-34-55(48-20-10-9-19-47(48)51)61(46-30-25-39-15-7-8-16-41(39)35-46)45-28-23-40(24-29-45)38-13-3-1-4-14-38/h1-37,60H. The highest BCUT2D eigenvalue weighted by atomic mass is 79.9. The van der Waals surface area contributed by atoms with Crippen LogP contribution in [0.3, 0.4) is 0 Å². The van der Waals surface area contributed by atoms with Crippen molar-refractivity contribution in [1.82, 2.24) is 9.55 Å². The topological polar surface area (TPSA) is 24.0 Å². The van der Waals surface area contributed by atoms with Gasteiger partial charge in [-0.15, -0.1) is 0 Å². The van der Waals surface area contributed by atoms with Crippen LogP contribution in [-0.4, -0.2) is 9.55 Å². The predicted molar refractivity (Wildman–Crippen MR) is 266 cm³/mol. The zero-order valence-electron chi connectivity index (χ0n) is 33.6. The molecule has 0 atom stereocenters. The van der Waals surface area contributed by atoms with Gasteiger partial charge in [-0.2, -0.15) is 0 Å². The zero-order chi connectivity index (χ0) is 41.1. The maximum atomic E-state index is 4.11. The molecule has 12 rings (SSSR count). The maximum absolute atomic E-state index is 4.11. The fraction of sp³-hybridized carbons (Fsp3) is 0. The molecule has 0 spiro atoms. The van der Waals surface area contributed by atoms with E-state index in [0.29, 0.717) is 0 Å². The van der Waals surface area contributed by atoms with Crippen molar-refractivity contribution in [3.63, 3.8) is 0 Å². The molecule has 0 aliphatic carbocycles. The van der Waals surface area contributed by atoms with Gasteiger partial charge in [-0.1, -0.05) is 158 Å². The van der Waals surface area contributed by atoms with Crippen LogP contribution in [0, 0.1) is 0 Å². The summed E-state index contributed by atoms with van der Waals surface area (Å²) in [6.45, 7) is 0. The summed E-state index contributed by atoms with van der Waals surface area (Å²) >= 11 is 4.11. The summed E-state index contributed by atoms with van der Waals surface area (Å²) < 4.78 is 3.43. The van der Waals surface area contributed by atoms with Crippen LogP contribution >= 0.6 is 15.9 Å². The van der Waals surface area contributed by atoms with Gasteiger partial charge in [0.05, 0.1) is 26.9 Å². The summed E-state index contributed by atoms with van der Waals surface area (Å²) in [4.78, 5) is 6.22. The number of hydrogen-bond donors (Lipinski definition) is 1. The summed E-state index contributed by atoms with van der Waals surface area (Å²) in [5, 5.41) is 8.41. The number of halogens is 1. The molecule has 292 valence electrons. The predicted octanol–water partition coefficient (Wildman–Crippen LogP) is 16.8. The van der Waals surface area contributed by atoms with Gasteiger partial charge in [-0.25, -0.2) is 0 Å². The number of fused-ring (bicyclic) bond motifs is 6. The van der Waals surface area contributed by atoms with Crippen molar-refractivity contribution in [2.24, 2.45) is 0 Å². The first kappa shape index (κ1) is 36.2. The Labute approximate surface area is 367 Å². The van der Waals surface area contributed by atoms with E-state index in [9.17, 15) is 0 Å². The number of anilines is 3. The molecule has 10 aromatic carbocycles. The van der Waals surface area contributed by atoms with Crippen molar-refractivity contribution >= 4 is 87.2 Å². The van der Waals surface area contributed by atoms with E-state index in [4.69, 9.17) is 0 Å². The Morgan fingerprint density at radius 1 is 0.387 bits per heavy atom. The number of hydrogen-bond acceptors (Lipinski definition) is 1. The van der Waals surface area contributed by atoms with E-state index in [1.165, 1.54) is 65.6 Å². The molecule has 62 heavy (non-hydrogen) atoms. The van der Waals surface area contributed by atoms with Gasteiger partial charge in [0.25, 0.3) is 0 Å². The third-order valence-corrected chi connectivity index (χ3v) is 13.2. The fourth-order valence-electron chi connectivity index (χ4n) is 9.40. The van der Waals surface area contributed by atoms with Crippen LogP contribution in [-0.2, 0) is 0 Å². The smallest absolute Gasteiger partial charge is 0.0615 e. The van der Waals surface area contributed by atoms with Gasteiger partial charge in [0.1, 0.15) is 0 Å². The number of H-pyrrole nitrogens is 1. The lowest BCUT2D eigenvalue weighted by Crippen LogP contribution is -2.10. The van der Waals surface area contributed by atoms with E-state index >= 15 is 0 Å². The largest absolute Gasteiger partial charge is 0.354 e. The maximum Gasteiger partial charge on any atom is 0.0615 e. The van der Waals surface area contributed by atoms with Crippen LogP contribution in [0.4, 0.5) is 17.1 Å². The Morgan fingerprint density at radius 3 is 1.82 bits per heavy atom. The molecule has 12 aromatic rings. The average molecular weight is 857 g/mol. The lowest BCUT2D eigenvalue weighted by Gasteiger charge is -2.28. The van der Waals surface area contributed by atoms with Crippen molar-refractivity contribution in [1.29, 1.82) is 0 Å². The van der Waals surface area contributed by atoms with E-state index < -0.39 is 0 Å². The minimum Gasteiger partial charge on any atom is -0.354 e. The van der Waals surface area contributed by atoms with E-state index in [2.05, 4.69) is 255 Å². The molecule has 0 fully saturated rings. The first-order valence-corrected chi connectivity index (χ1v) is 21.8. The Balaban J connectivity index is 0.976. The molecule has 4 heteroatoms. The third-order valence-electron chi connectivity index (χ3n) is 12.4. The van der Waals surface area contributed by atoms with Crippen molar-refractivity contribution in [3.05, 3.63) is 229 Å². The van der Waals surface area contributed by atoms with Crippen LogP contribution in [0.2, 0.25) is 0 Å². The lowest BCUT2D eigenvalue weighted by atomic mass is 9.98. The van der Waals surface area contributed by atoms with E-state index in [1.807, 2.05) is 0 Å². The molecule has 0 bridgehead atoms. The van der Waals surface area contributed by atoms with Crippen LogP contribution < -0.4 is 4.90 Å². The summed E-state index contributed by atoms with van der Waals surface area (Å²) in [7, 11) is 0. The van der Waals surface area contributed by atoms with Gasteiger partial charge in [-0.3, -0.25) is 0 Å². The quantitative estimate of drug-likeness (QED) is 0.170. The third kappa shape index (κ3) is 6.02. The van der Waals surface area contributed by atoms with E-state index in [0.717, 1.165) is 49.4 Å². The van der Waals surface area contributed by atoms with Gasteiger partial charge in [-0.05, 0) is 121 Å². The van der Waals surface area contributed by atoms with Gasteiger partial charge < -0.3 is 14.5 Å². The second kappa shape index (κ2) is 14.8. The Bertz CT molecular complexity index is 3640. The number of aromatic nitrogens is 2. The monoisotopic (exact) mass is 855 g/mol. The highest BCUT2D eigenvalue weighted by Crippen LogP contribution is 2.46. The highest BCUT2D eigenvalue weighted by Gasteiger charge is 2.21. The minimum atomic E-state index is 1.05. The Hall–Kier alpha value is -7.66. The van der Waals surface area contributed by atoms with Crippen molar-refractivity contribution in [2.45, 2.75) is 0 Å². The van der Waals surface area contributed by atoms with Crippen LogP contribution in [0.15, 0.2) is 229 Å². The van der Waals surface area contributed by atoms with Crippen molar-refractivity contribution in [3.8, 4) is 39.2 Å². The van der Waals surface area contributed by atoms with Gasteiger partial charge in [0, 0.05) is 49.7 Å². The molecule has 2 heterocycles. The molecule has 0 aliphatic rings. The number of benzene rings is 10. The second-order valence-electron chi connectivity index (χ2n) is 16.0. The van der Waals surface area contributed by atoms with Crippen LogP contribution in [0.5, 0.6) is 0 Å². The van der Waals surface area contributed by atoms with Gasteiger partial charge in [0.15, 0.2) is 0 Å². The molecule has 0 unspecified atom stereocenters. The molecule has 0 radical (unpaired) electrons. The highest BCUT2D eigenvalue weighted by molar-refractivity contribution is 9.10. The van der Waals surface area contributed by atoms with Crippen LogP contribution in [0.1, 0.15) is 0 Å². The molecule has 2 aromatic heterocycles. The number of aromatic amines is 1.